The number of carbonyl (C=O) groups excluding carboxylic acids is 2. The molecule has 1 amide bonds. The Morgan fingerprint density at radius 2 is 1.97 bits per heavy atom. The van der Waals surface area contributed by atoms with Gasteiger partial charge in [-0.1, -0.05) is 18.2 Å². The van der Waals surface area contributed by atoms with Gasteiger partial charge in [0.2, 0.25) is 0 Å². The van der Waals surface area contributed by atoms with Gasteiger partial charge >= 0.3 is 5.97 Å². The zero-order valence-electron chi connectivity index (χ0n) is 17.5. The van der Waals surface area contributed by atoms with Crippen molar-refractivity contribution >= 4 is 11.9 Å². The molecule has 2 aromatic rings. The number of H-pyrrole nitrogens is 1. The normalized spacial score (nSPS) is 11.3. The summed E-state index contributed by atoms with van der Waals surface area (Å²) >= 11 is 0. The topological polar surface area (TPSA) is 121 Å². The van der Waals surface area contributed by atoms with Gasteiger partial charge in [0, 0.05) is 24.2 Å². The third-order valence-corrected chi connectivity index (χ3v) is 4.82. The fraction of sp³-hybridized carbons (Fsp3) is 0.364. The average Bonchev–Trinajstić information content (AvgIpc) is 2.71. The molecule has 1 aromatic carbocycles. The van der Waals surface area contributed by atoms with E-state index in [0.717, 1.165) is 11.1 Å². The number of aryl methyl sites for hydroxylation is 1. The summed E-state index contributed by atoms with van der Waals surface area (Å²) in [5.74, 6) is -0.304. The molecule has 0 bridgehead atoms. The van der Waals surface area contributed by atoms with E-state index >= 15 is 0 Å². The summed E-state index contributed by atoms with van der Waals surface area (Å²) in [6.07, 6.45) is -0.653. The number of nitrogens with one attached hydrogen (secondary N) is 2. The van der Waals surface area contributed by atoms with Gasteiger partial charge in [-0.05, 0) is 44.4 Å². The highest BCUT2D eigenvalue weighted by Gasteiger charge is 2.19. The van der Waals surface area contributed by atoms with Gasteiger partial charge in [0.05, 0.1) is 7.11 Å². The van der Waals surface area contributed by atoms with Crippen molar-refractivity contribution in [2.24, 2.45) is 0 Å². The van der Waals surface area contributed by atoms with E-state index in [1.165, 1.54) is 6.92 Å². The number of methoxy groups -OCH3 is 1. The molecular formula is C22H25N3O5. The first-order valence-electron chi connectivity index (χ1n) is 9.50. The average molecular weight is 411 g/mol. The predicted octanol–water partition coefficient (Wildman–Crippen LogP) is 2.05. The summed E-state index contributed by atoms with van der Waals surface area (Å²) < 4.78 is 10.5. The second-order valence-corrected chi connectivity index (χ2v) is 6.83. The first-order chi connectivity index (χ1) is 14.3. The molecule has 1 aromatic heterocycles. The Morgan fingerprint density at radius 3 is 2.63 bits per heavy atom. The molecule has 2 N–H and O–H groups in total. The first-order valence-corrected chi connectivity index (χ1v) is 9.50. The van der Waals surface area contributed by atoms with Gasteiger partial charge < -0.3 is 19.8 Å². The lowest BCUT2D eigenvalue weighted by Crippen LogP contribution is -2.35. The van der Waals surface area contributed by atoms with Gasteiger partial charge in [-0.15, -0.1) is 0 Å². The molecule has 0 radical (unpaired) electrons. The van der Waals surface area contributed by atoms with Crippen LogP contribution in [0, 0.1) is 25.2 Å². The lowest BCUT2D eigenvalue weighted by molar-refractivity contribution is -0.154. The summed E-state index contributed by atoms with van der Waals surface area (Å²) in [5.41, 5.74) is 2.27. The van der Waals surface area contributed by atoms with Crippen molar-refractivity contribution in [1.82, 2.24) is 10.3 Å². The van der Waals surface area contributed by atoms with Crippen LogP contribution < -0.4 is 15.6 Å². The minimum atomic E-state index is -0.959. The van der Waals surface area contributed by atoms with Crippen molar-refractivity contribution in [1.29, 1.82) is 5.26 Å². The van der Waals surface area contributed by atoms with Gasteiger partial charge in [0.15, 0.2) is 6.10 Å². The van der Waals surface area contributed by atoms with Gasteiger partial charge in [-0.2, -0.15) is 5.26 Å². The van der Waals surface area contributed by atoms with Crippen LogP contribution in [0.5, 0.6) is 5.75 Å². The van der Waals surface area contributed by atoms with Gasteiger partial charge in [0.1, 0.15) is 17.4 Å². The molecule has 0 spiro atoms. The van der Waals surface area contributed by atoms with E-state index in [1.54, 1.807) is 27.0 Å². The third kappa shape index (κ3) is 5.47. The molecular weight excluding hydrogens is 386 g/mol. The lowest BCUT2D eigenvalue weighted by atomic mass is 9.99. The van der Waals surface area contributed by atoms with Crippen molar-refractivity contribution < 1.29 is 19.1 Å². The van der Waals surface area contributed by atoms with Crippen molar-refractivity contribution in [2.75, 3.05) is 7.11 Å². The summed E-state index contributed by atoms with van der Waals surface area (Å²) in [6, 6.07) is 9.18. The lowest BCUT2D eigenvalue weighted by Gasteiger charge is -2.15. The van der Waals surface area contributed by atoms with Crippen LogP contribution in [0.1, 0.15) is 41.3 Å². The zero-order valence-corrected chi connectivity index (χ0v) is 17.5. The molecule has 158 valence electrons. The highest BCUT2D eigenvalue weighted by atomic mass is 16.5. The number of amides is 1. The molecule has 8 heteroatoms. The second kappa shape index (κ2) is 10.3. The van der Waals surface area contributed by atoms with Crippen LogP contribution in [0.25, 0.3) is 0 Å². The number of esters is 1. The molecule has 0 fully saturated rings. The highest BCUT2D eigenvalue weighted by molar-refractivity contribution is 5.83. The van der Waals surface area contributed by atoms with Crippen LogP contribution in [0.15, 0.2) is 29.1 Å². The number of benzene rings is 1. The summed E-state index contributed by atoms with van der Waals surface area (Å²) in [7, 11) is 1.55. The molecule has 0 saturated carbocycles. The monoisotopic (exact) mass is 411 g/mol. The van der Waals surface area contributed by atoms with E-state index in [-0.39, 0.29) is 24.9 Å². The van der Waals surface area contributed by atoms with Crippen molar-refractivity contribution in [3.63, 3.8) is 0 Å². The number of para-hydroxylation sites is 1. The molecule has 1 heterocycles. The van der Waals surface area contributed by atoms with E-state index in [9.17, 15) is 14.4 Å². The summed E-state index contributed by atoms with van der Waals surface area (Å²) in [4.78, 5) is 38.8. The highest BCUT2D eigenvalue weighted by Crippen LogP contribution is 2.17. The summed E-state index contributed by atoms with van der Waals surface area (Å²) in [6.45, 7) is 5.14. The van der Waals surface area contributed by atoms with Crippen LogP contribution in [0.3, 0.4) is 0 Å². The molecule has 0 saturated heterocycles. The van der Waals surface area contributed by atoms with E-state index < -0.39 is 23.5 Å². The standard InChI is InChI=1S/C22H25N3O5/c1-13-17(14(2)25-22(28)18(13)11-23)9-10-20(26)30-15(3)21(27)24-12-16-7-5-6-8-19(16)29-4/h5-8,15H,9-10,12H2,1-4H3,(H,24,27)(H,25,28)/t15-/m0/s1. The zero-order chi connectivity index (χ0) is 22.3. The number of aromatic nitrogens is 1. The Bertz CT molecular complexity index is 1040. The van der Waals surface area contributed by atoms with E-state index in [0.29, 0.717) is 17.0 Å². The number of nitriles is 1. The number of carbonyl (C=O) groups is 2. The van der Waals surface area contributed by atoms with Crippen molar-refractivity contribution in [3.8, 4) is 11.8 Å². The Kier molecular flexibility index (Phi) is 7.76. The smallest absolute Gasteiger partial charge is 0.306 e. The maximum atomic E-state index is 12.3. The molecule has 0 aliphatic rings. The first kappa shape index (κ1) is 22.7. The van der Waals surface area contributed by atoms with Crippen LogP contribution in [-0.2, 0) is 27.3 Å². The molecule has 0 unspecified atom stereocenters. The van der Waals surface area contributed by atoms with Gasteiger partial charge in [-0.3, -0.25) is 14.4 Å². The fourth-order valence-corrected chi connectivity index (χ4v) is 3.13. The SMILES string of the molecule is COc1ccccc1CNC(=O)[C@H](C)OC(=O)CCc1c(C)[nH]c(=O)c(C#N)c1C. The second-order valence-electron chi connectivity index (χ2n) is 6.83. The minimum absolute atomic E-state index is 0.0166. The molecule has 8 nitrogen and oxygen atoms in total. The molecule has 1 atom stereocenters. The Morgan fingerprint density at radius 1 is 1.27 bits per heavy atom. The minimum Gasteiger partial charge on any atom is -0.496 e. The van der Waals surface area contributed by atoms with Crippen LogP contribution in [0.4, 0.5) is 0 Å². The van der Waals surface area contributed by atoms with Gasteiger partial charge in [-0.25, -0.2) is 0 Å². The van der Waals surface area contributed by atoms with E-state index in [1.807, 2.05) is 24.3 Å². The van der Waals surface area contributed by atoms with Crippen molar-refractivity contribution in [2.45, 2.75) is 46.3 Å². The number of hydrogen-bond donors (Lipinski definition) is 2. The Labute approximate surface area is 174 Å². The summed E-state index contributed by atoms with van der Waals surface area (Å²) in [5, 5.41) is 11.8. The van der Waals surface area contributed by atoms with Crippen LogP contribution >= 0.6 is 0 Å². The fourth-order valence-electron chi connectivity index (χ4n) is 3.13. The molecule has 30 heavy (non-hydrogen) atoms. The number of nitrogens with zero attached hydrogens (tertiary/aromatic N) is 1. The number of rotatable bonds is 8. The van der Waals surface area contributed by atoms with Crippen LogP contribution in [0.2, 0.25) is 0 Å². The van der Waals surface area contributed by atoms with Crippen molar-refractivity contribution in [3.05, 3.63) is 62.6 Å². The maximum Gasteiger partial charge on any atom is 0.306 e. The Hall–Kier alpha value is -3.60. The molecule has 2 rings (SSSR count). The van der Waals surface area contributed by atoms with Crippen LogP contribution in [-0.4, -0.2) is 30.1 Å². The number of ether oxygens (including phenoxy) is 2. The maximum absolute atomic E-state index is 12.3. The molecule has 0 aliphatic carbocycles. The Balaban J connectivity index is 1.91. The number of hydrogen-bond acceptors (Lipinski definition) is 6. The van der Waals surface area contributed by atoms with Gasteiger partial charge in [0.25, 0.3) is 11.5 Å². The van der Waals surface area contributed by atoms with E-state index in [4.69, 9.17) is 14.7 Å². The quantitative estimate of drug-likeness (QED) is 0.641. The predicted molar refractivity (Wildman–Crippen MR) is 110 cm³/mol. The molecule has 0 aliphatic heterocycles. The number of pyridine rings is 1. The third-order valence-electron chi connectivity index (χ3n) is 4.82. The largest absolute Gasteiger partial charge is 0.496 e. The van der Waals surface area contributed by atoms with E-state index in [2.05, 4.69) is 10.3 Å². The number of aromatic amines is 1.